The molecule has 2 N–H and O–H groups in total. The van der Waals surface area contributed by atoms with Gasteiger partial charge in [0.15, 0.2) is 11.5 Å². The summed E-state index contributed by atoms with van der Waals surface area (Å²) in [6.07, 6.45) is 1.64. The fourth-order valence-corrected chi connectivity index (χ4v) is 3.00. The van der Waals surface area contributed by atoms with E-state index in [-0.39, 0.29) is 6.54 Å². The smallest absolute Gasteiger partial charge is 0.232 e. The topological polar surface area (TPSA) is 80.7 Å². The van der Waals surface area contributed by atoms with Gasteiger partial charge in [-0.15, -0.1) is 0 Å². The molecule has 0 aliphatic heterocycles. The maximum absolute atomic E-state index is 14.4. The van der Waals surface area contributed by atoms with Crippen molar-refractivity contribution in [2.75, 3.05) is 14.2 Å². The van der Waals surface area contributed by atoms with E-state index < -0.39 is 17.1 Å². The Labute approximate surface area is 152 Å². The van der Waals surface area contributed by atoms with Crippen molar-refractivity contribution in [1.82, 2.24) is 9.71 Å². The lowest BCUT2D eigenvalue weighted by Gasteiger charge is -2.12. The molecule has 0 bridgehead atoms. The lowest BCUT2D eigenvalue weighted by molar-refractivity contribution is 0.356. The fourth-order valence-electron chi connectivity index (χ4n) is 2.72. The molecule has 0 radical (unpaired) electrons. The summed E-state index contributed by atoms with van der Waals surface area (Å²) >= 11 is -2.19. The van der Waals surface area contributed by atoms with Gasteiger partial charge in [0.05, 0.1) is 19.7 Å². The van der Waals surface area contributed by atoms with E-state index in [9.17, 15) is 8.60 Å². The molecule has 136 valence electrons. The number of nitrogens with one attached hydrogen (secondary N) is 1. The monoisotopic (exact) mass is 376 g/mol. The average molecular weight is 376 g/mol. The van der Waals surface area contributed by atoms with Crippen LogP contribution in [0.2, 0.25) is 0 Å². The maximum atomic E-state index is 14.4. The predicted molar refractivity (Wildman–Crippen MR) is 97.9 cm³/mol. The van der Waals surface area contributed by atoms with E-state index >= 15 is 0 Å². The first kappa shape index (κ1) is 18.2. The number of hydrogen-bond donors (Lipinski definition) is 2. The zero-order chi connectivity index (χ0) is 18.7. The van der Waals surface area contributed by atoms with Gasteiger partial charge in [0.1, 0.15) is 5.82 Å². The van der Waals surface area contributed by atoms with Crippen LogP contribution in [0, 0.1) is 5.82 Å². The Kier molecular flexibility index (Phi) is 5.46. The number of fused-ring (bicyclic) bond motifs is 1. The Morgan fingerprint density at radius 1 is 1.15 bits per heavy atom. The molecule has 1 unspecified atom stereocenters. The zero-order valence-corrected chi connectivity index (χ0v) is 15.0. The second-order valence-electron chi connectivity index (χ2n) is 5.46. The highest BCUT2D eigenvalue weighted by atomic mass is 32.2. The number of aromatic nitrogens is 1. The zero-order valence-electron chi connectivity index (χ0n) is 14.2. The van der Waals surface area contributed by atoms with E-state index in [0.29, 0.717) is 28.1 Å². The minimum Gasteiger partial charge on any atom is -0.493 e. The molecule has 6 nitrogen and oxygen atoms in total. The van der Waals surface area contributed by atoms with Crippen LogP contribution in [0.4, 0.5) is 4.39 Å². The molecule has 0 aliphatic carbocycles. The molecule has 26 heavy (non-hydrogen) atoms. The van der Waals surface area contributed by atoms with Crippen LogP contribution in [0.5, 0.6) is 11.5 Å². The number of methoxy groups -OCH3 is 2. The first-order chi connectivity index (χ1) is 12.5. The molecule has 0 fully saturated rings. The van der Waals surface area contributed by atoms with Crippen LogP contribution in [0.1, 0.15) is 5.56 Å². The Morgan fingerprint density at radius 2 is 1.88 bits per heavy atom. The molecule has 2 aromatic carbocycles. The van der Waals surface area contributed by atoms with Gasteiger partial charge in [-0.1, -0.05) is 12.1 Å². The van der Waals surface area contributed by atoms with E-state index in [1.807, 2.05) is 0 Å². The Bertz CT molecular complexity index is 981. The molecule has 3 rings (SSSR count). The van der Waals surface area contributed by atoms with Gasteiger partial charge in [0, 0.05) is 29.8 Å². The van der Waals surface area contributed by atoms with Crippen LogP contribution in [-0.4, -0.2) is 28.0 Å². The Morgan fingerprint density at radius 3 is 2.54 bits per heavy atom. The quantitative estimate of drug-likeness (QED) is 0.646. The van der Waals surface area contributed by atoms with Gasteiger partial charge in [-0.05, 0) is 29.3 Å². The molecule has 3 aromatic rings. The molecule has 1 atom stereocenters. The van der Waals surface area contributed by atoms with E-state index in [4.69, 9.17) is 14.0 Å². The molecule has 0 amide bonds. The SMILES string of the molecule is COc1cc2nccc(-c3ccc(CNS(=O)O)c(F)c3)c2cc1OC. The second kappa shape index (κ2) is 7.77. The fraction of sp³-hybridized carbons (Fsp3) is 0.167. The number of rotatable bonds is 6. The molecule has 0 spiro atoms. The summed E-state index contributed by atoms with van der Waals surface area (Å²) in [4.78, 5) is 4.34. The highest BCUT2D eigenvalue weighted by Gasteiger charge is 2.12. The first-order valence-electron chi connectivity index (χ1n) is 7.67. The Hall–Kier alpha value is -2.55. The highest BCUT2D eigenvalue weighted by Crippen LogP contribution is 2.36. The van der Waals surface area contributed by atoms with Crippen LogP contribution in [0.3, 0.4) is 0 Å². The largest absolute Gasteiger partial charge is 0.493 e. The van der Waals surface area contributed by atoms with Crippen LogP contribution < -0.4 is 14.2 Å². The minimum absolute atomic E-state index is 0.0443. The Balaban J connectivity index is 2.07. The number of ether oxygens (including phenoxy) is 2. The average Bonchev–Trinajstić information content (AvgIpc) is 2.65. The van der Waals surface area contributed by atoms with Crippen LogP contribution in [0.15, 0.2) is 42.6 Å². The van der Waals surface area contributed by atoms with Gasteiger partial charge >= 0.3 is 0 Å². The second-order valence-corrected chi connectivity index (χ2v) is 6.25. The third-order valence-corrected chi connectivity index (χ3v) is 4.39. The number of benzene rings is 2. The molecule has 8 heteroatoms. The van der Waals surface area contributed by atoms with E-state index in [1.54, 1.807) is 50.7 Å². The van der Waals surface area contributed by atoms with Gasteiger partial charge in [-0.3, -0.25) is 9.54 Å². The first-order valence-corrected chi connectivity index (χ1v) is 8.78. The van der Waals surface area contributed by atoms with Crippen molar-refractivity contribution in [1.29, 1.82) is 0 Å². The summed E-state index contributed by atoms with van der Waals surface area (Å²) in [7, 11) is 3.10. The predicted octanol–water partition coefficient (Wildman–Crippen LogP) is 3.28. The van der Waals surface area contributed by atoms with E-state index in [0.717, 1.165) is 10.9 Å². The van der Waals surface area contributed by atoms with E-state index in [2.05, 4.69) is 9.71 Å². The van der Waals surface area contributed by atoms with Crippen molar-refractivity contribution >= 4 is 22.2 Å². The van der Waals surface area contributed by atoms with E-state index in [1.165, 1.54) is 6.07 Å². The maximum Gasteiger partial charge on any atom is 0.232 e. The van der Waals surface area contributed by atoms with Crippen LogP contribution >= 0.6 is 0 Å². The molecule has 1 aromatic heterocycles. The summed E-state index contributed by atoms with van der Waals surface area (Å²) < 4.78 is 46.7. The van der Waals surface area contributed by atoms with Gasteiger partial charge in [-0.2, -0.15) is 0 Å². The van der Waals surface area contributed by atoms with Crippen LogP contribution in [-0.2, 0) is 17.8 Å². The normalized spacial score (nSPS) is 12.2. The molecule has 1 heterocycles. The van der Waals surface area contributed by atoms with Gasteiger partial charge in [-0.25, -0.2) is 13.3 Å². The summed E-state index contributed by atoms with van der Waals surface area (Å²) in [6, 6.07) is 10.1. The van der Waals surface area contributed by atoms with Gasteiger partial charge in [0.25, 0.3) is 0 Å². The molecule has 0 saturated heterocycles. The number of pyridine rings is 1. The van der Waals surface area contributed by atoms with Crippen molar-refractivity contribution < 1.29 is 22.6 Å². The van der Waals surface area contributed by atoms with Crippen molar-refractivity contribution in [3.8, 4) is 22.6 Å². The molecule has 0 saturated carbocycles. The summed E-state index contributed by atoms with van der Waals surface area (Å²) in [5.74, 6) is 0.654. The summed E-state index contributed by atoms with van der Waals surface area (Å²) in [5.41, 5.74) is 2.45. The number of nitrogens with zero attached hydrogens (tertiary/aromatic N) is 1. The standard InChI is InChI=1S/C18H17FN2O4S/c1-24-17-8-14-13(5-6-20-16(14)9-18(17)25-2)11-3-4-12(15(19)7-11)10-21-26(22)23/h3-9,21H,10H2,1-2H3,(H,22,23). The van der Waals surface area contributed by atoms with Gasteiger partial charge in [0.2, 0.25) is 11.3 Å². The lowest BCUT2D eigenvalue weighted by atomic mass is 9.99. The number of halogens is 1. The van der Waals surface area contributed by atoms with Crippen molar-refractivity contribution in [2.24, 2.45) is 0 Å². The lowest BCUT2D eigenvalue weighted by Crippen LogP contribution is -2.16. The minimum atomic E-state index is -2.19. The van der Waals surface area contributed by atoms with Crippen LogP contribution in [0.25, 0.3) is 22.0 Å². The third-order valence-electron chi connectivity index (χ3n) is 4.00. The third kappa shape index (κ3) is 3.67. The molecule has 0 aliphatic rings. The molecular formula is C18H17FN2O4S. The summed E-state index contributed by atoms with van der Waals surface area (Å²) in [5, 5.41) is 0.798. The van der Waals surface area contributed by atoms with Crippen molar-refractivity contribution in [2.45, 2.75) is 6.54 Å². The van der Waals surface area contributed by atoms with Gasteiger partial charge < -0.3 is 9.47 Å². The van der Waals surface area contributed by atoms with Crippen molar-refractivity contribution in [3.05, 3.63) is 54.0 Å². The number of hydrogen-bond acceptors (Lipinski definition) is 4. The summed E-state index contributed by atoms with van der Waals surface area (Å²) in [6.45, 7) is -0.0443. The van der Waals surface area contributed by atoms with Crippen molar-refractivity contribution in [3.63, 3.8) is 0 Å². The highest BCUT2D eigenvalue weighted by molar-refractivity contribution is 7.77. The molecular weight excluding hydrogens is 359 g/mol.